The van der Waals surface area contributed by atoms with Crippen LogP contribution in [0, 0.1) is 5.92 Å². The van der Waals surface area contributed by atoms with E-state index in [4.69, 9.17) is 9.84 Å². The third kappa shape index (κ3) is 3.18. The number of carbonyl (C=O) groups is 1. The van der Waals surface area contributed by atoms with Gasteiger partial charge in [-0.05, 0) is 26.7 Å². The molecule has 0 radical (unpaired) electrons. The second kappa shape index (κ2) is 4.94. The van der Waals surface area contributed by atoms with Gasteiger partial charge in [0.15, 0.2) is 0 Å². The fraction of sp³-hybridized carbons (Fsp3) is 0.909. The summed E-state index contributed by atoms with van der Waals surface area (Å²) in [5.74, 6) is -0.0563. The molecule has 0 saturated carbocycles. The first-order valence-electron chi connectivity index (χ1n) is 5.54. The summed E-state index contributed by atoms with van der Waals surface area (Å²) in [5, 5.41) is 11.9. The summed E-state index contributed by atoms with van der Waals surface area (Å²) in [6.07, 6.45) is 1.68. The standard InChI is InChI=1S/C11H21NO3/c1-4-9-8(5-6-15-9)10(14)12-11(2,3)7-13/h8-9,13H,4-7H2,1-3H3,(H,12,14). The van der Waals surface area contributed by atoms with E-state index in [0.717, 1.165) is 12.8 Å². The molecule has 88 valence electrons. The van der Waals surface area contributed by atoms with Crippen molar-refractivity contribution >= 4 is 5.91 Å². The molecule has 1 fully saturated rings. The van der Waals surface area contributed by atoms with Crippen molar-refractivity contribution < 1.29 is 14.6 Å². The molecule has 0 aromatic carbocycles. The molecular formula is C11H21NO3. The summed E-state index contributed by atoms with van der Waals surface area (Å²) in [4.78, 5) is 11.9. The summed E-state index contributed by atoms with van der Waals surface area (Å²) >= 11 is 0. The molecule has 0 spiro atoms. The van der Waals surface area contributed by atoms with Gasteiger partial charge in [0, 0.05) is 6.61 Å². The topological polar surface area (TPSA) is 58.6 Å². The molecule has 2 atom stereocenters. The van der Waals surface area contributed by atoms with E-state index in [2.05, 4.69) is 5.32 Å². The maximum Gasteiger partial charge on any atom is 0.226 e. The largest absolute Gasteiger partial charge is 0.394 e. The molecule has 2 N–H and O–H groups in total. The van der Waals surface area contributed by atoms with Crippen LogP contribution in [0.15, 0.2) is 0 Å². The van der Waals surface area contributed by atoms with E-state index in [-0.39, 0.29) is 24.5 Å². The Bertz CT molecular complexity index is 228. The van der Waals surface area contributed by atoms with Crippen LogP contribution in [0.25, 0.3) is 0 Å². The van der Waals surface area contributed by atoms with E-state index in [1.54, 1.807) is 0 Å². The van der Waals surface area contributed by atoms with Gasteiger partial charge < -0.3 is 15.2 Å². The van der Waals surface area contributed by atoms with Crippen molar-refractivity contribution in [2.24, 2.45) is 5.92 Å². The number of ether oxygens (including phenoxy) is 1. The average Bonchev–Trinajstić information content (AvgIpc) is 2.64. The van der Waals surface area contributed by atoms with E-state index in [0.29, 0.717) is 6.61 Å². The molecule has 0 aliphatic carbocycles. The van der Waals surface area contributed by atoms with Crippen molar-refractivity contribution in [1.29, 1.82) is 0 Å². The number of aliphatic hydroxyl groups is 1. The minimum Gasteiger partial charge on any atom is -0.394 e. The molecule has 1 aliphatic heterocycles. The molecule has 0 aromatic heterocycles. The Kier molecular flexibility index (Phi) is 4.11. The first-order chi connectivity index (χ1) is 7.00. The maximum absolute atomic E-state index is 11.9. The third-order valence-corrected chi connectivity index (χ3v) is 2.81. The van der Waals surface area contributed by atoms with Gasteiger partial charge in [-0.3, -0.25) is 4.79 Å². The maximum atomic E-state index is 11.9. The molecule has 0 bridgehead atoms. The van der Waals surface area contributed by atoms with Gasteiger partial charge in [-0.2, -0.15) is 0 Å². The van der Waals surface area contributed by atoms with Crippen LogP contribution in [-0.4, -0.2) is 35.9 Å². The average molecular weight is 215 g/mol. The van der Waals surface area contributed by atoms with E-state index in [1.165, 1.54) is 0 Å². The van der Waals surface area contributed by atoms with Crippen LogP contribution in [-0.2, 0) is 9.53 Å². The molecule has 0 aromatic rings. The first kappa shape index (κ1) is 12.5. The van der Waals surface area contributed by atoms with Crippen LogP contribution in [0.1, 0.15) is 33.6 Å². The Balaban J connectivity index is 2.53. The second-order valence-corrected chi connectivity index (χ2v) is 4.74. The van der Waals surface area contributed by atoms with Gasteiger partial charge in [-0.15, -0.1) is 0 Å². The molecule has 1 heterocycles. The van der Waals surface area contributed by atoms with Crippen molar-refractivity contribution in [1.82, 2.24) is 5.32 Å². The van der Waals surface area contributed by atoms with E-state index < -0.39 is 5.54 Å². The predicted molar refractivity (Wildman–Crippen MR) is 57.4 cm³/mol. The first-order valence-corrected chi connectivity index (χ1v) is 5.54. The molecule has 1 rings (SSSR count). The van der Waals surface area contributed by atoms with Crippen molar-refractivity contribution in [3.05, 3.63) is 0 Å². The highest BCUT2D eigenvalue weighted by molar-refractivity contribution is 5.80. The number of hydrogen-bond donors (Lipinski definition) is 2. The fourth-order valence-electron chi connectivity index (χ4n) is 1.82. The summed E-state index contributed by atoms with van der Waals surface area (Å²) < 4.78 is 5.46. The lowest BCUT2D eigenvalue weighted by Gasteiger charge is -2.26. The molecule has 1 aliphatic rings. The predicted octanol–water partition coefficient (Wildman–Crippen LogP) is 0.689. The van der Waals surface area contributed by atoms with E-state index in [1.807, 2.05) is 20.8 Å². The Morgan fingerprint density at radius 1 is 1.60 bits per heavy atom. The molecule has 4 heteroatoms. The summed E-state index contributed by atoms with van der Waals surface area (Å²) in [6, 6.07) is 0. The van der Waals surface area contributed by atoms with Crippen LogP contribution in [0.4, 0.5) is 0 Å². The number of amides is 1. The van der Waals surface area contributed by atoms with Crippen LogP contribution < -0.4 is 5.32 Å². The Morgan fingerprint density at radius 3 is 2.80 bits per heavy atom. The highest BCUT2D eigenvalue weighted by Crippen LogP contribution is 2.24. The van der Waals surface area contributed by atoms with Gasteiger partial charge in [0.05, 0.1) is 24.2 Å². The lowest BCUT2D eigenvalue weighted by Crippen LogP contribution is -2.49. The summed E-state index contributed by atoms with van der Waals surface area (Å²) in [7, 11) is 0. The number of carbonyl (C=O) groups excluding carboxylic acids is 1. The zero-order chi connectivity index (χ0) is 11.5. The third-order valence-electron chi connectivity index (χ3n) is 2.81. The van der Waals surface area contributed by atoms with Gasteiger partial charge in [0.1, 0.15) is 0 Å². The Hall–Kier alpha value is -0.610. The Morgan fingerprint density at radius 2 is 2.27 bits per heavy atom. The molecular weight excluding hydrogens is 194 g/mol. The fourth-order valence-corrected chi connectivity index (χ4v) is 1.82. The second-order valence-electron chi connectivity index (χ2n) is 4.74. The Labute approximate surface area is 91.0 Å². The molecule has 15 heavy (non-hydrogen) atoms. The molecule has 2 unspecified atom stereocenters. The van der Waals surface area contributed by atoms with Crippen LogP contribution in [0.3, 0.4) is 0 Å². The minimum atomic E-state index is -0.544. The van der Waals surface area contributed by atoms with Gasteiger partial charge in [0.25, 0.3) is 0 Å². The number of hydrogen-bond acceptors (Lipinski definition) is 3. The lowest BCUT2D eigenvalue weighted by molar-refractivity contribution is -0.128. The van der Waals surface area contributed by atoms with Crippen molar-refractivity contribution in [3.63, 3.8) is 0 Å². The smallest absolute Gasteiger partial charge is 0.226 e. The van der Waals surface area contributed by atoms with Crippen molar-refractivity contribution in [2.75, 3.05) is 13.2 Å². The van der Waals surface area contributed by atoms with Crippen molar-refractivity contribution in [2.45, 2.75) is 45.3 Å². The zero-order valence-corrected chi connectivity index (χ0v) is 9.75. The van der Waals surface area contributed by atoms with E-state index >= 15 is 0 Å². The van der Waals surface area contributed by atoms with E-state index in [9.17, 15) is 4.79 Å². The van der Waals surface area contributed by atoms with Crippen LogP contribution in [0.2, 0.25) is 0 Å². The van der Waals surface area contributed by atoms with Gasteiger partial charge >= 0.3 is 0 Å². The van der Waals surface area contributed by atoms with Gasteiger partial charge in [-0.25, -0.2) is 0 Å². The molecule has 1 saturated heterocycles. The van der Waals surface area contributed by atoms with Gasteiger partial charge in [-0.1, -0.05) is 6.92 Å². The summed E-state index contributed by atoms with van der Waals surface area (Å²) in [5.41, 5.74) is -0.544. The lowest BCUT2D eigenvalue weighted by atomic mass is 9.96. The normalized spacial score (nSPS) is 26.7. The highest BCUT2D eigenvalue weighted by atomic mass is 16.5. The molecule has 4 nitrogen and oxygen atoms in total. The van der Waals surface area contributed by atoms with Crippen LogP contribution >= 0.6 is 0 Å². The highest BCUT2D eigenvalue weighted by Gasteiger charge is 2.34. The SMILES string of the molecule is CCC1OCCC1C(=O)NC(C)(C)CO. The number of rotatable bonds is 4. The van der Waals surface area contributed by atoms with Gasteiger partial charge in [0.2, 0.25) is 5.91 Å². The molecule has 1 amide bonds. The summed E-state index contributed by atoms with van der Waals surface area (Å²) in [6.45, 7) is 6.25. The minimum absolute atomic E-state index is 0.00148. The van der Waals surface area contributed by atoms with Crippen LogP contribution in [0.5, 0.6) is 0 Å². The number of aliphatic hydroxyl groups excluding tert-OH is 1. The quantitative estimate of drug-likeness (QED) is 0.725. The monoisotopic (exact) mass is 215 g/mol. The van der Waals surface area contributed by atoms with Crippen molar-refractivity contribution in [3.8, 4) is 0 Å². The zero-order valence-electron chi connectivity index (χ0n) is 9.75. The number of nitrogens with one attached hydrogen (secondary N) is 1.